The minimum Gasteiger partial charge on any atom is -0.412 e. The van der Waals surface area contributed by atoms with E-state index >= 15 is 0 Å². The van der Waals surface area contributed by atoms with Gasteiger partial charge in [0.2, 0.25) is 0 Å². The molecule has 0 aromatic heterocycles. The molecule has 0 saturated heterocycles. The summed E-state index contributed by atoms with van der Waals surface area (Å²) in [6.45, 7) is 0. The maximum absolute atomic E-state index is 7.89. The molecule has 0 fully saturated rings. The Bertz CT molecular complexity index is 13.5. The lowest BCUT2D eigenvalue weighted by atomic mass is 11.2. The normalized spacial score (nSPS) is 6.00. The third-order valence-electron chi connectivity index (χ3n) is 0. The fourth-order valence-corrected chi connectivity index (χ4v) is 0. The molecule has 0 rings (SSSR count). The van der Waals surface area contributed by atoms with Gasteiger partial charge in [0.05, 0.1) is 0 Å². The molecule has 0 unspecified atom stereocenters. The average molecular weight is 97.1 g/mol. The second-order valence-electron chi connectivity index (χ2n) is 0.847. The first kappa shape index (κ1) is 17.0. The average Bonchev–Trinajstić information content (AvgIpc) is 0.811. The molecule has 6 heavy (non-hydrogen) atoms. The van der Waals surface area contributed by atoms with Crippen molar-refractivity contribution >= 4 is 0 Å². The first-order valence-corrected chi connectivity index (χ1v) is 1.09. The number of nitrogens with zero attached hydrogens (tertiary/aromatic N) is 1. The monoisotopic (exact) mass is 97.1 g/mol. The van der Waals surface area contributed by atoms with Crippen molar-refractivity contribution in [2.45, 2.75) is 0 Å². The van der Waals surface area contributed by atoms with Crippen molar-refractivity contribution in [3.05, 3.63) is 0 Å². The van der Waals surface area contributed by atoms with Gasteiger partial charge in [-0.15, -0.1) is 0 Å². The molecule has 0 amide bonds. The van der Waals surface area contributed by atoms with E-state index in [0.29, 0.717) is 0 Å². The summed E-state index contributed by atoms with van der Waals surface area (Å²) in [6.07, 6.45) is 0. The highest BCUT2D eigenvalue weighted by Gasteiger charge is 1.59. The van der Waals surface area contributed by atoms with Gasteiger partial charge in [-0.1, -0.05) is 0 Å². The molecule has 0 heterocycles. The van der Waals surface area contributed by atoms with Crippen LogP contribution in [0.1, 0.15) is 0 Å². The molecular formula is C2H11NO3. The highest BCUT2D eigenvalue weighted by atomic mass is 16.5. The molecule has 0 aromatic rings. The predicted octanol–water partition coefficient (Wildman–Crippen LogP) is -1.71. The maximum atomic E-state index is 7.89. The second kappa shape index (κ2) is 8.85. The van der Waals surface area contributed by atoms with Crippen molar-refractivity contribution in [2.75, 3.05) is 14.1 Å². The zero-order valence-electron chi connectivity index (χ0n) is 3.89. The topological polar surface area (TPSA) is 86.5 Å². The van der Waals surface area contributed by atoms with Crippen LogP contribution in [0, 0.1) is 0 Å². The molecule has 0 aromatic carbocycles. The molecule has 0 bridgehead atoms. The van der Waals surface area contributed by atoms with Crippen LogP contribution in [0.4, 0.5) is 0 Å². The van der Waals surface area contributed by atoms with Gasteiger partial charge in [-0.2, -0.15) is 5.06 Å². The molecule has 4 heteroatoms. The third-order valence-corrected chi connectivity index (χ3v) is 0. The third kappa shape index (κ3) is 1210. The van der Waals surface area contributed by atoms with Gasteiger partial charge in [0, 0.05) is 14.1 Å². The quantitative estimate of drug-likeness (QED) is 0.365. The fraction of sp³-hybridized carbons (Fsp3) is 1.00. The largest absolute Gasteiger partial charge is 0.412 e. The van der Waals surface area contributed by atoms with E-state index in [9.17, 15) is 0 Å². The van der Waals surface area contributed by atoms with Crippen LogP contribution in [0.3, 0.4) is 0 Å². The Hall–Kier alpha value is -0.160. The van der Waals surface area contributed by atoms with E-state index < -0.39 is 0 Å². The van der Waals surface area contributed by atoms with Crippen molar-refractivity contribution in [3.63, 3.8) is 0 Å². The summed E-state index contributed by atoms with van der Waals surface area (Å²) in [5, 5.41) is 8.89. The summed E-state index contributed by atoms with van der Waals surface area (Å²) < 4.78 is 0. The number of hydrogen-bond acceptors (Lipinski definition) is 2. The van der Waals surface area contributed by atoms with Crippen LogP contribution in [0.15, 0.2) is 0 Å². The zero-order valence-corrected chi connectivity index (χ0v) is 3.89. The van der Waals surface area contributed by atoms with E-state index in [1.807, 2.05) is 0 Å². The van der Waals surface area contributed by atoms with Gasteiger partial charge in [-0.05, 0) is 0 Å². The number of rotatable bonds is 0. The van der Waals surface area contributed by atoms with Crippen molar-refractivity contribution in [3.8, 4) is 0 Å². The summed E-state index contributed by atoms with van der Waals surface area (Å²) in [5.74, 6) is 0. The first-order valence-electron chi connectivity index (χ1n) is 1.09. The summed E-state index contributed by atoms with van der Waals surface area (Å²) in [4.78, 5) is 0. The molecule has 4 nitrogen and oxygen atoms in total. The molecule has 5 N–H and O–H groups in total. The molecule has 0 saturated carbocycles. The minimum absolute atomic E-state index is 0. The standard InChI is InChI=1S/C2H7NO.2H2O/c1-3(2)4;;/h4H,1-2H3;2*1H2. The van der Waals surface area contributed by atoms with E-state index in [4.69, 9.17) is 5.21 Å². The van der Waals surface area contributed by atoms with Crippen LogP contribution in [0.25, 0.3) is 0 Å². The van der Waals surface area contributed by atoms with Crippen LogP contribution in [0.5, 0.6) is 0 Å². The van der Waals surface area contributed by atoms with E-state index in [2.05, 4.69) is 0 Å². The van der Waals surface area contributed by atoms with Crippen molar-refractivity contribution in [1.29, 1.82) is 0 Å². The molecular weight excluding hydrogens is 86.0 g/mol. The van der Waals surface area contributed by atoms with E-state index in [1.54, 1.807) is 14.1 Å². The first-order chi connectivity index (χ1) is 1.73. The lowest BCUT2D eigenvalue weighted by Gasteiger charge is -1.89. The van der Waals surface area contributed by atoms with Crippen LogP contribution in [0.2, 0.25) is 0 Å². The van der Waals surface area contributed by atoms with Gasteiger partial charge in [-0.3, -0.25) is 0 Å². The fourth-order valence-electron chi connectivity index (χ4n) is 0. The van der Waals surface area contributed by atoms with Gasteiger partial charge in [0.15, 0.2) is 0 Å². The smallest absolute Gasteiger partial charge is 0.0121 e. The summed E-state index contributed by atoms with van der Waals surface area (Å²) >= 11 is 0. The predicted molar refractivity (Wildman–Crippen MR) is 22.7 cm³/mol. The van der Waals surface area contributed by atoms with Gasteiger partial charge in [-0.25, -0.2) is 0 Å². The highest BCUT2D eigenvalue weighted by Crippen LogP contribution is 1.46. The van der Waals surface area contributed by atoms with Crippen LogP contribution in [-0.4, -0.2) is 35.3 Å². The molecule has 0 radical (unpaired) electrons. The number of hydrogen-bond donors (Lipinski definition) is 1. The Balaban J connectivity index is -0.0000000450. The van der Waals surface area contributed by atoms with Gasteiger partial charge >= 0.3 is 0 Å². The van der Waals surface area contributed by atoms with E-state index in [1.165, 1.54) is 0 Å². The molecule has 0 aliphatic heterocycles. The highest BCUT2D eigenvalue weighted by molar-refractivity contribution is 3.90. The molecule has 42 valence electrons. The molecule has 0 aliphatic carbocycles. The van der Waals surface area contributed by atoms with Crippen LogP contribution >= 0.6 is 0 Å². The molecule has 0 spiro atoms. The summed E-state index contributed by atoms with van der Waals surface area (Å²) in [6, 6.07) is 0. The van der Waals surface area contributed by atoms with Gasteiger partial charge < -0.3 is 16.2 Å². The number of hydroxylamine groups is 2. The Morgan fingerprint density at radius 2 is 1.17 bits per heavy atom. The van der Waals surface area contributed by atoms with E-state index in [-0.39, 0.29) is 11.0 Å². The second-order valence-corrected chi connectivity index (χ2v) is 0.847. The Kier molecular flexibility index (Phi) is 25.0. The summed E-state index contributed by atoms with van der Waals surface area (Å²) in [7, 11) is 3.11. The van der Waals surface area contributed by atoms with E-state index in [0.717, 1.165) is 5.06 Å². The maximum Gasteiger partial charge on any atom is 0.0121 e. The lowest BCUT2D eigenvalue weighted by Crippen LogP contribution is -2.01. The Morgan fingerprint density at radius 1 is 1.17 bits per heavy atom. The van der Waals surface area contributed by atoms with Gasteiger partial charge in [0.25, 0.3) is 0 Å². The van der Waals surface area contributed by atoms with Crippen molar-refractivity contribution in [1.82, 2.24) is 5.06 Å². The molecule has 0 aliphatic rings. The van der Waals surface area contributed by atoms with Crippen molar-refractivity contribution < 1.29 is 16.2 Å². The Morgan fingerprint density at radius 3 is 1.17 bits per heavy atom. The zero-order chi connectivity index (χ0) is 3.58. The minimum atomic E-state index is 0. The van der Waals surface area contributed by atoms with Crippen LogP contribution in [-0.2, 0) is 0 Å². The SMILES string of the molecule is CN(C)O.O.O. The Labute approximate surface area is 36.6 Å². The van der Waals surface area contributed by atoms with Crippen LogP contribution < -0.4 is 0 Å². The summed E-state index contributed by atoms with van der Waals surface area (Å²) in [5.41, 5.74) is 0. The van der Waals surface area contributed by atoms with Crippen molar-refractivity contribution in [2.24, 2.45) is 0 Å². The lowest BCUT2D eigenvalue weighted by molar-refractivity contribution is -0.0372. The van der Waals surface area contributed by atoms with Gasteiger partial charge in [0.1, 0.15) is 0 Å². The molecule has 0 atom stereocenters.